The Morgan fingerprint density at radius 2 is 1.50 bits per heavy atom. The van der Waals surface area contributed by atoms with Crippen LogP contribution < -0.4 is 0 Å². The summed E-state index contributed by atoms with van der Waals surface area (Å²) in [4.78, 5) is 0. The Morgan fingerprint density at radius 3 is 1.67 bits per heavy atom. The molecule has 0 aromatic carbocycles. The fraction of sp³-hybridized carbons (Fsp3) is 1.00. The highest BCUT2D eigenvalue weighted by molar-refractivity contribution is 4.97. The van der Waals surface area contributed by atoms with Crippen LogP contribution >= 0.6 is 0 Å². The monoisotopic (exact) mass is 254 g/mol. The zero-order valence-electron chi connectivity index (χ0n) is 13.7. The van der Waals surface area contributed by atoms with Gasteiger partial charge in [0.1, 0.15) is 0 Å². The Morgan fingerprint density at radius 1 is 0.944 bits per heavy atom. The van der Waals surface area contributed by atoms with Gasteiger partial charge < -0.3 is 4.74 Å². The summed E-state index contributed by atoms with van der Waals surface area (Å²) >= 11 is 0. The van der Waals surface area contributed by atoms with Crippen LogP contribution in [-0.4, -0.2) is 12.7 Å². The van der Waals surface area contributed by atoms with Gasteiger partial charge in [-0.2, -0.15) is 0 Å². The summed E-state index contributed by atoms with van der Waals surface area (Å²) in [6, 6.07) is 0. The first-order chi connectivity index (χ1) is 8.06. The fourth-order valence-corrected chi connectivity index (χ4v) is 2.36. The standard InChI is InChI=1S/C9H18O.C8H16/c1-9(2,3)8-6-4-5-7-10-8;1-7(2,3)8(4)5-6-8/h8H,4-7H2,1-3H3;5-6H2,1-4H3. The lowest BCUT2D eigenvalue weighted by Gasteiger charge is -2.33. The number of ether oxygens (including phenoxy) is 1. The van der Waals surface area contributed by atoms with Crippen molar-refractivity contribution in [3.63, 3.8) is 0 Å². The highest BCUT2D eigenvalue weighted by Gasteiger charge is 2.47. The largest absolute Gasteiger partial charge is 0.378 e. The van der Waals surface area contributed by atoms with Crippen LogP contribution in [0.2, 0.25) is 0 Å². The molecule has 0 N–H and O–H groups in total. The van der Waals surface area contributed by atoms with Crippen molar-refractivity contribution in [2.24, 2.45) is 16.2 Å². The van der Waals surface area contributed by atoms with E-state index in [2.05, 4.69) is 48.5 Å². The van der Waals surface area contributed by atoms with Crippen LogP contribution in [0.3, 0.4) is 0 Å². The minimum absolute atomic E-state index is 0.348. The second kappa shape index (κ2) is 5.53. The molecular weight excluding hydrogens is 220 g/mol. The van der Waals surface area contributed by atoms with Gasteiger partial charge in [0.05, 0.1) is 6.10 Å². The molecule has 18 heavy (non-hydrogen) atoms. The first-order valence-electron chi connectivity index (χ1n) is 7.68. The molecule has 0 aromatic rings. The summed E-state index contributed by atoms with van der Waals surface area (Å²) in [5.74, 6) is 0. The molecule has 1 nitrogen and oxygen atoms in total. The lowest BCUT2D eigenvalue weighted by atomic mass is 9.79. The first-order valence-corrected chi connectivity index (χ1v) is 7.68. The fourth-order valence-electron chi connectivity index (χ4n) is 2.36. The van der Waals surface area contributed by atoms with Crippen molar-refractivity contribution in [1.82, 2.24) is 0 Å². The molecule has 108 valence electrons. The Labute approximate surface area is 115 Å². The van der Waals surface area contributed by atoms with Gasteiger partial charge in [-0.15, -0.1) is 0 Å². The molecule has 0 amide bonds. The van der Waals surface area contributed by atoms with E-state index in [-0.39, 0.29) is 0 Å². The van der Waals surface area contributed by atoms with Gasteiger partial charge in [0.15, 0.2) is 0 Å². The molecule has 2 rings (SSSR count). The molecule has 2 aliphatic rings. The predicted octanol–water partition coefficient (Wildman–Crippen LogP) is 5.43. The van der Waals surface area contributed by atoms with E-state index in [4.69, 9.17) is 4.74 Å². The zero-order valence-corrected chi connectivity index (χ0v) is 13.7. The van der Waals surface area contributed by atoms with Gasteiger partial charge in [-0.25, -0.2) is 0 Å². The van der Waals surface area contributed by atoms with Crippen molar-refractivity contribution >= 4 is 0 Å². The minimum atomic E-state index is 0.348. The zero-order chi connectivity index (χ0) is 14.0. The molecular formula is C17H34O. The predicted molar refractivity (Wildman–Crippen MR) is 79.8 cm³/mol. The summed E-state index contributed by atoms with van der Waals surface area (Å²) in [5, 5.41) is 0. The SMILES string of the molecule is CC(C)(C)C1(C)CC1.CC(C)(C)C1CCCCO1. The Balaban J connectivity index is 0.000000184. The first kappa shape index (κ1) is 16.0. The molecule has 0 spiro atoms. The summed E-state index contributed by atoms with van der Waals surface area (Å²) in [5.41, 5.74) is 1.58. The molecule has 0 radical (unpaired) electrons. The minimum Gasteiger partial charge on any atom is -0.378 e. The summed E-state index contributed by atoms with van der Waals surface area (Å²) in [6.07, 6.45) is 7.24. The van der Waals surface area contributed by atoms with Crippen molar-refractivity contribution in [2.75, 3.05) is 6.61 Å². The van der Waals surface area contributed by atoms with Crippen LogP contribution in [0.4, 0.5) is 0 Å². The average molecular weight is 254 g/mol. The lowest BCUT2D eigenvalue weighted by molar-refractivity contribution is -0.0474. The second-order valence-corrected chi connectivity index (χ2v) is 8.53. The van der Waals surface area contributed by atoms with Gasteiger partial charge in [0.25, 0.3) is 0 Å². The lowest BCUT2D eigenvalue weighted by Crippen LogP contribution is -2.32. The van der Waals surface area contributed by atoms with E-state index >= 15 is 0 Å². The molecule has 1 unspecified atom stereocenters. The highest BCUT2D eigenvalue weighted by atomic mass is 16.5. The molecule has 1 saturated carbocycles. The van der Waals surface area contributed by atoms with Crippen LogP contribution in [0, 0.1) is 16.2 Å². The quantitative estimate of drug-likeness (QED) is 0.560. The van der Waals surface area contributed by atoms with Crippen LogP contribution in [0.15, 0.2) is 0 Å². The van der Waals surface area contributed by atoms with Crippen molar-refractivity contribution in [2.45, 2.75) is 86.7 Å². The van der Waals surface area contributed by atoms with Crippen LogP contribution in [0.1, 0.15) is 80.6 Å². The maximum absolute atomic E-state index is 5.64. The highest BCUT2D eigenvalue weighted by Crippen LogP contribution is 2.57. The maximum atomic E-state index is 5.64. The van der Waals surface area contributed by atoms with E-state index < -0.39 is 0 Å². The molecule has 1 heteroatoms. The Hall–Kier alpha value is -0.0400. The van der Waals surface area contributed by atoms with Crippen molar-refractivity contribution in [3.05, 3.63) is 0 Å². The van der Waals surface area contributed by atoms with Crippen LogP contribution in [-0.2, 0) is 4.74 Å². The van der Waals surface area contributed by atoms with E-state index in [1.807, 2.05) is 0 Å². The summed E-state index contributed by atoms with van der Waals surface area (Å²) in [7, 11) is 0. The summed E-state index contributed by atoms with van der Waals surface area (Å²) in [6.45, 7) is 17.1. The topological polar surface area (TPSA) is 9.23 Å². The normalized spacial score (nSPS) is 27.2. The molecule has 0 bridgehead atoms. The van der Waals surface area contributed by atoms with Crippen molar-refractivity contribution in [1.29, 1.82) is 0 Å². The third-order valence-electron chi connectivity index (χ3n) is 4.96. The van der Waals surface area contributed by atoms with Gasteiger partial charge >= 0.3 is 0 Å². The average Bonchev–Trinajstić information content (AvgIpc) is 2.98. The van der Waals surface area contributed by atoms with Crippen LogP contribution in [0.25, 0.3) is 0 Å². The summed E-state index contributed by atoms with van der Waals surface area (Å²) < 4.78 is 5.64. The molecule has 0 aromatic heterocycles. The molecule has 2 fully saturated rings. The number of rotatable bonds is 0. The number of hydrogen-bond donors (Lipinski definition) is 0. The van der Waals surface area contributed by atoms with Gasteiger partial charge in [0, 0.05) is 6.61 Å². The van der Waals surface area contributed by atoms with E-state index in [9.17, 15) is 0 Å². The van der Waals surface area contributed by atoms with E-state index in [0.717, 1.165) is 6.61 Å². The van der Waals surface area contributed by atoms with Gasteiger partial charge in [-0.05, 0) is 48.3 Å². The number of hydrogen-bond acceptors (Lipinski definition) is 1. The Kier molecular flexibility index (Phi) is 4.92. The van der Waals surface area contributed by atoms with E-state index in [1.165, 1.54) is 32.1 Å². The van der Waals surface area contributed by atoms with Crippen LogP contribution in [0.5, 0.6) is 0 Å². The van der Waals surface area contributed by atoms with Gasteiger partial charge in [0.2, 0.25) is 0 Å². The molecule has 1 saturated heterocycles. The van der Waals surface area contributed by atoms with Gasteiger partial charge in [-0.3, -0.25) is 0 Å². The molecule has 1 aliphatic heterocycles. The second-order valence-electron chi connectivity index (χ2n) is 8.53. The smallest absolute Gasteiger partial charge is 0.0623 e. The van der Waals surface area contributed by atoms with Crippen molar-refractivity contribution < 1.29 is 4.74 Å². The molecule has 1 atom stereocenters. The van der Waals surface area contributed by atoms with E-state index in [1.54, 1.807) is 0 Å². The maximum Gasteiger partial charge on any atom is 0.0623 e. The van der Waals surface area contributed by atoms with Gasteiger partial charge in [-0.1, -0.05) is 48.5 Å². The third-order valence-corrected chi connectivity index (χ3v) is 4.96. The van der Waals surface area contributed by atoms with E-state index in [0.29, 0.717) is 22.3 Å². The van der Waals surface area contributed by atoms with Crippen molar-refractivity contribution in [3.8, 4) is 0 Å². The molecule has 1 heterocycles. The molecule has 1 aliphatic carbocycles. The third kappa shape index (κ3) is 4.57. The Bertz CT molecular complexity index is 241.